The predicted octanol–water partition coefficient (Wildman–Crippen LogP) is 1.46. The molecule has 0 fully saturated rings. The molecule has 0 bridgehead atoms. The molecule has 3 N–H and O–H groups in total. The van der Waals surface area contributed by atoms with Crippen LogP contribution < -0.4 is 15.8 Å². The molecule has 1 aliphatic heterocycles. The van der Waals surface area contributed by atoms with Crippen LogP contribution in [0.4, 0.5) is 5.69 Å². The van der Waals surface area contributed by atoms with Crippen molar-refractivity contribution in [3.05, 3.63) is 18.2 Å². The summed E-state index contributed by atoms with van der Waals surface area (Å²) in [5, 5.41) is 2.82. The van der Waals surface area contributed by atoms with Crippen molar-refractivity contribution < 1.29 is 9.53 Å². The van der Waals surface area contributed by atoms with Crippen LogP contribution in [0.5, 0.6) is 5.75 Å². The number of nitrogens with two attached hydrogens (primary N) is 1. The fourth-order valence-electron chi connectivity index (χ4n) is 1.45. The summed E-state index contributed by atoms with van der Waals surface area (Å²) in [5.74, 6) is 0.771. The lowest BCUT2D eigenvalue weighted by atomic mass is 10.2. The zero-order chi connectivity index (χ0) is 11.5. The molecule has 1 amide bonds. The Morgan fingerprint density at radius 2 is 2.38 bits per heavy atom. The van der Waals surface area contributed by atoms with Gasteiger partial charge in [-0.05, 0) is 19.1 Å². The second-order valence-electron chi connectivity index (χ2n) is 3.54. The predicted molar refractivity (Wildman–Crippen MR) is 64.9 cm³/mol. The molecule has 0 spiro atoms. The fourth-order valence-corrected chi connectivity index (χ4v) is 2.38. The maximum Gasteiger partial charge on any atom is 0.237 e. The molecule has 1 heterocycles. The van der Waals surface area contributed by atoms with Gasteiger partial charge in [0.1, 0.15) is 12.4 Å². The lowest BCUT2D eigenvalue weighted by Gasteiger charge is -2.21. The topological polar surface area (TPSA) is 64.3 Å². The van der Waals surface area contributed by atoms with Gasteiger partial charge in [0, 0.05) is 17.5 Å². The highest BCUT2D eigenvalue weighted by molar-refractivity contribution is 8.00. The van der Waals surface area contributed by atoms with Crippen molar-refractivity contribution in [2.24, 2.45) is 5.73 Å². The number of hydrogen-bond acceptors (Lipinski definition) is 4. The minimum atomic E-state index is -0.0386. The minimum Gasteiger partial charge on any atom is -0.492 e. The number of fused-ring (bicyclic) bond motifs is 1. The Morgan fingerprint density at radius 3 is 3.12 bits per heavy atom. The monoisotopic (exact) mass is 238 g/mol. The summed E-state index contributed by atoms with van der Waals surface area (Å²) < 4.78 is 5.40. The first-order valence-corrected chi connectivity index (χ1v) is 6.03. The van der Waals surface area contributed by atoms with Gasteiger partial charge in [-0.15, -0.1) is 11.8 Å². The summed E-state index contributed by atoms with van der Waals surface area (Å²) in [4.78, 5) is 12.6. The van der Waals surface area contributed by atoms with Crippen molar-refractivity contribution in [2.45, 2.75) is 17.1 Å². The zero-order valence-corrected chi connectivity index (χ0v) is 9.84. The Balaban J connectivity index is 2.19. The van der Waals surface area contributed by atoms with Crippen LogP contribution in [0.2, 0.25) is 0 Å². The second-order valence-corrected chi connectivity index (χ2v) is 4.93. The number of rotatable bonds is 3. The Labute approximate surface area is 98.5 Å². The summed E-state index contributed by atoms with van der Waals surface area (Å²) in [7, 11) is 0. The molecule has 86 valence electrons. The minimum absolute atomic E-state index is 0.0356. The van der Waals surface area contributed by atoms with Crippen molar-refractivity contribution in [1.29, 1.82) is 0 Å². The average Bonchev–Trinajstić information content (AvgIpc) is 2.28. The molecule has 0 saturated carbocycles. The molecule has 2 rings (SSSR count). The van der Waals surface area contributed by atoms with Crippen LogP contribution >= 0.6 is 11.8 Å². The molecule has 5 heteroatoms. The van der Waals surface area contributed by atoms with Gasteiger partial charge in [0.25, 0.3) is 0 Å². The van der Waals surface area contributed by atoms with Gasteiger partial charge in [-0.2, -0.15) is 0 Å². The van der Waals surface area contributed by atoms with Crippen molar-refractivity contribution in [3.63, 3.8) is 0 Å². The zero-order valence-electron chi connectivity index (χ0n) is 9.03. The number of hydrogen-bond donors (Lipinski definition) is 2. The van der Waals surface area contributed by atoms with Crippen LogP contribution in [0.3, 0.4) is 0 Å². The third-order valence-corrected chi connectivity index (χ3v) is 3.45. The second kappa shape index (κ2) is 4.76. The van der Waals surface area contributed by atoms with E-state index in [9.17, 15) is 4.79 Å². The van der Waals surface area contributed by atoms with E-state index in [1.807, 2.05) is 25.1 Å². The number of ether oxygens (including phenoxy) is 1. The van der Waals surface area contributed by atoms with Gasteiger partial charge in [0.15, 0.2) is 0 Å². The molecular weight excluding hydrogens is 224 g/mol. The van der Waals surface area contributed by atoms with Crippen molar-refractivity contribution in [1.82, 2.24) is 0 Å². The molecule has 0 aromatic heterocycles. The lowest BCUT2D eigenvalue weighted by molar-refractivity contribution is -0.115. The number of carbonyl (C=O) groups excluding carboxylic acids is 1. The van der Waals surface area contributed by atoms with E-state index < -0.39 is 0 Å². The van der Waals surface area contributed by atoms with Crippen molar-refractivity contribution in [2.75, 3.05) is 18.5 Å². The van der Waals surface area contributed by atoms with Gasteiger partial charge in [-0.1, -0.05) is 0 Å². The van der Waals surface area contributed by atoms with E-state index in [1.54, 1.807) is 11.8 Å². The van der Waals surface area contributed by atoms with Crippen molar-refractivity contribution in [3.8, 4) is 5.75 Å². The number of carbonyl (C=O) groups is 1. The van der Waals surface area contributed by atoms with Crippen LogP contribution in [0.1, 0.15) is 6.92 Å². The lowest BCUT2D eigenvalue weighted by Crippen LogP contribution is -2.26. The maximum atomic E-state index is 11.5. The van der Waals surface area contributed by atoms with E-state index in [4.69, 9.17) is 10.5 Å². The first kappa shape index (κ1) is 11.3. The third kappa shape index (κ3) is 2.31. The molecule has 1 aromatic carbocycles. The highest BCUT2D eigenvalue weighted by Crippen LogP contribution is 2.37. The van der Waals surface area contributed by atoms with Crippen LogP contribution in [-0.4, -0.2) is 24.3 Å². The summed E-state index contributed by atoms with van der Waals surface area (Å²) in [6, 6.07) is 5.69. The van der Waals surface area contributed by atoms with Gasteiger partial charge in [-0.25, -0.2) is 0 Å². The first-order valence-electron chi connectivity index (χ1n) is 5.15. The van der Waals surface area contributed by atoms with E-state index in [0.29, 0.717) is 13.2 Å². The molecule has 0 radical (unpaired) electrons. The van der Waals surface area contributed by atoms with E-state index in [-0.39, 0.29) is 11.2 Å². The molecule has 1 aliphatic rings. The van der Waals surface area contributed by atoms with Crippen LogP contribution in [0.25, 0.3) is 0 Å². The number of benzene rings is 1. The standard InChI is InChI=1S/C11H14N2O2S/c1-7-11(14)13-9-6-8(15-5-4-12)2-3-10(9)16-7/h2-3,6-7H,4-5,12H2,1H3,(H,13,14). The van der Waals surface area contributed by atoms with Gasteiger partial charge in [-0.3, -0.25) is 4.79 Å². The Morgan fingerprint density at radius 1 is 1.56 bits per heavy atom. The van der Waals surface area contributed by atoms with Gasteiger partial charge >= 0.3 is 0 Å². The maximum absolute atomic E-state index is 11.5. The summed E-state index contributed by atoms with van der Waals surface area (Å²) in [6.45, 7) is 2.85. The smallest absolute Gasteiger partial charge is 0.237 e. The van der Waals surface area contributed by atoms with E-state index in [1.165, 1.54) is 0 Å². The van der Waals surface area contributed by atoms with Gasteiger partial charge in [0.2, 0.25) is 5.91 Å². The van der Waals surface area contributed by atoms with Crippen molar-refractivity contribution >= 4 is 23.4 Å². The summed E-state index contributed by atoms with van der Waals surface area (Å²) >= 11 is 1.56. The van der Waals surface area contributed by atoms with Crippen LogP contribution in [-0.2, 0) is 4.79 Å². The average molecular weight is 238 g/mol. The molecule has 16 heavy (non-hydrogen) atoms. The molecule has 4 nitrogen and oxygen atoms in total. The van der Waals surface area contributed by atoms with E-state index in [2.05, 4.69) is 5.32 Å². The van der Waals surface area contributed by atoms with E-state index in [0.717, 1.165) is 16.3 Å². The highest BCUT2D eigenvalue weighted by Gasteiger charge is 2.22. The Kier molecular flexibility index (Phi) is 3.36. The number of amides is 1. The number of nitrogens with one attached hydrogen (secondary N) is 1. The number of anilines is 1. The molecule has 1 aromatic rings. The summed E-state index contributed by atoms with van der Waals surface area (Å²) in [5.41, 5.74) is 6.18. The third-order valence-electron chi connectivity index (χ3n) is 2.27. The van der Waals surface area contributed by atoms with Gasteiger partial charge in [0.05, 0.1) is 10.9 Å². The molecular formula is C11H14N2O2S. The quantitative estimate of drug-likeness (QED) is 0.836. The molecule has 1 atom stereocenters. The Bertz CT molecular complexity index is 409. The largest absolute Gasteiger partial charge is 0.492 e. The van der Waals surface area contributed by atoms with E-state index >= 15 is 0 Å². The molecule has 0 saturated heterocycles. The molecule has 1 unspecified atom stereocenters. The number of thioether (sulfide) groups is 1. The van der Waals surface area contributed by atoms with Crippen LogP contribution in [0.15, 0.2) is 23.1 Å². The first-order chi connectivity index (χ1) is 7.70. The SMILES string of the molecule is CC1Sc2ccc(OCCN)cc2NC1=O. The fraction of sp³-hybridized carbons (Fsp3) is 0.364. The Hall–Kier alpha value is -1.20. The van der Waals surface area contributed by atoms with Gasteiger partial charge < -0.3 is 15.8 Å². The normalized spacial score (nSPS) is 18.9. The van der Waals surface area contributed by atoms with Crippen LogP contribution in [0, 0.1) is 0 Å². The summed E-state index contributed by atoms with van der Waals surface area (Å²) in [6.07, 6.45) is 0. The molecule has 0 aliphatic carbocycles. The highest BCUT2D eigenvalue weighted by atomic mass is 32.2.